The summed E-state index contributed by atoms with van der Waals surface area (Å²) in [6, 6.07) is 9.17. The number of hydrogen-bond acceptors (Lipinski definition) is 4. The average Bonchev–Trinajstić information content (AvgIpc) is 2.74. The third-order valence-electron chi connectivity index (χ3n) is 5.99. The van der Waals surface area contributed by atoms with Crippen molar-refractivity contribution in [3.63, 3.8) is 0 Å². The number of allylic oxidation sites excluding steroid dienone is 1. The van der Waals surface area contributed by atoms with E-state index in [-0.39, 0.29) is 12.0 Å². The van der Waals surface area contributed by atoms with Crippen LogP contribution in [0.3, 0.4) is 0 Å². The van der Waals surface area contributed by atoms with Gasteiger partial charge >= 0.3 is 0 Å². The van der Waals surface area contributed by atoms with Gasteiger partial charge in [-0.25, -0.2) is 8.42 Å². The maximum absolute atomic E-state index is 13.4. The van der Waals surface area contributed by atoms with E-state index in [2.05, 4.69) is 22.5 Å². The molecule has 1 aliphatic heterocycles. The zero-order chi connectivity index (χ0) is 21.9. The van der Waals surface area contributed by atoms with E-state index < -0.39 is 10.0 Å². The van der Waals surface area contributed by atoms with Gasteiger partial charge < -0.3 is 4.90 Å². The van der Waals surface area contributed by atoms with Crippen molar-refractivity contribution in [1.82, 2.24) is 9.29 Å². The Morgan fingerprint density at radius 1 is 1.23 bits per heavy atom. The molecule has 1 aliphatic rings. The van der Waals surface area contributed by atoms with Crippen molar-refractivity contribution in [1.29, 1.82) is 0 Å². The predicted molar refractivity (Wildman–Crippen MR) is 124 cm³/mol. The van der Waals surface area contributed by atoms with Crippen molar-refractivity contribution in [2.45, 2.75) is 38.1 Å². The summed E-state index contributed by atoms with van der Waals surface area (Å²) in [7, 11) is -1.52. The second-order valence-electron chi connectivity index (χ2n) is 7.82. The molecule has 30 heavy (non-hydrogen) atoms. The van der Waals surface area contributed by atoms with E-state index in [1.165, 1.54) is 0 Å². The summed E-state index contributed by atoms with van der Waals surface area (Å²) >= 11 is 0. The topological polar surface area (TPSA) is 53.5 Å². The van der Waals surface area contributed by atoms with E-state index >= 15 is 0 Å². The van der Waals surface area contributed by atoms with Crippen molar-refractivity contribution in [3.05, 3.63) is 72.1 Å². The molecular weight excluding hydrogens is 394 g/mol. The first kappa shape index (κ1) is 22.2. The molecule has 2 heterocycles. The third-order valence-corrected chi connectivity index (χ3v) is 8.01. The lowest BCUT2D eigenvalue weighted by molar-refractivity contribution is 0.266. The molecule has 1 aromatic heterocycles. The molecule has 0 N–H and O–H groups in total. The van der Waals surface area contributed by atoms with E-state index in [1.54, 1.807) is 16.4 Å². The number of benzene rings is 1. The molecule has 160 valence electrons. The molecule has 2 atom stereocenters. The highest BCUT2D eigenvalue weighted by Gasteiger charge is 2.37. The number of aromatic nitrogens is 1. The van der Waals surface area contributed by atoms with E-state index in [0.29, 0.717) is 18.0 Å². The first-order valence-electron chi connectivity index (χ1n) is 10.3. The highest BCUT2D eigenvalue weighted by molar-refractivity contribution is 7.89. The molecule has 0 amide bonds. The van der Waals surface area contributed by atoms with Gasteiger partial charge in [-0.3, -0.25) is 4.98 Å². The Bertz CT molecular complexity index is 1050. The largest absolute Gasteiger partial charge is 0.369 e. The molecule has 0 aliphatic carbocycles. The minimum absolute atomic E-state index is 0.0131. The molecule has 2 aromatic rings. The van der Waals surface area contributed by atoms with E-state index in [1.807, 2.05) is 64.4 Å². The molecule has 0 saturated carbocycles. The molecule has 1 saturated heterocycles. The van der Waals surface area contributed by atoms with Crippen LogP contribution in [0.2, 0.25) is 0 Å². The number of sulfonamides is 1. The number of nitrogens with zero attached hydrogens (tertiary/aromatic N) is 3. The van der Waals surface area contributed by atoms with Crippen LogP contribution in [0.5, 0.6) is 0 Å². The quantitative estimate of drug-likeness (QED) is 0.643. The fraction of sp³-hybridized carbons (Fsp3) is 0.375. The van der Waals surface area contributed by atoms with Crippen molar-refractivity contribution >= 4 is 21.8 Å². The van der Waals surface area contributed by atoms with Crippen LogP contribution in [0.1, 0.15) is 30.2 Å². The van der Waals surface area contributed by atoms with Crippen LogP contribution in [0.15, 0.2) is 60.2 Å². The average molecular weight is 426 g/mol. The molecular formula is C24H31N3O2S. The first-order valence-corrected chi connectivity index (χ1v) is 11.7. The van der Waals surface area contributed by atoms with Gasteiger partial charge in [0.25, 0.3) is 0 Å². The zero-order valence-electron chi connectivity index (χ0n) is 18.2. The summed E-state index contributed by atoms with van der Waals surface area (Å²) in [5, 5.41) is 0. The molecule has 1 aromatic carbocycles. The van der Waals surface area contributed by atoms with Gasteiger partial charge in [0.05, 0.1) is 4.90 Å². The number of rotatable bonds is 6. The lowest BCUT2D eigenvalue weighted by Crippen LogP contribution is -2.53. The van der Waals surface area contributed by atoms with Gasteiger partial charge in [-0.15, -0.1) is 6.58 Å². The lowest BCUT2D eigenvalue weighted by atomic mass is 9.91. The second kappa shape index (κ2) is 9.14. The van der Waals surface area contributed by atoms with Gasteiger partial charge in [0.2, 0.25) is 10.0 Å². The predicted octanol–water partition coefficient (Wildman–Crippen LogP) is 4.43. The molecule has 3 rings (SSSR count). The normalized spacial score (nSPS) is 20.4. The fourth-order valence-electron chi connectivity index (χ4n) is 4.23. The zero-order valence-corrected chi connectivity index (χ0v) is 19.1. The van der Waals surface area contributed by atoms with Crippen molar-refractivity contribution in [3.8, 4) is 0 Å². The van der Waals surface area contributed by atoms with Crippen LogP contribution >= 0.6 is 0 Å². The molecule has 0 bridgehead atoms. The maximum atomic E-state index is 13.4. The monoisotopic (exact) mass is 425 g/mol. The summed E-state index contributed by atoms with van der Waals surface area (Å²) in [6.45, 7) is 10.8. The minimum Gasteiger partial charge on any atom is -0.369 e. The van der Waals surface area contributed by atoms with Crippen molar-refractivity contribution < 1.29 is 8.42 Å². The van der Waals surface area contributed by atoms with Crippen LogP contribution in [-0.2, 0) is 10.0 Å². The molecule has 6 heteroatoms. The standard InChI is InChI=1S/C24H31N3O2S/c1-6-10-21-19(4)25-15-13-22(21)26(5)23-17-27(16-14-20(23)7-2)30(28,29)24-12-9-8-11-18(24)3/h6-13,15,20,23H,2,14,16-17H2,1,3-5H3/b10-6-/t20-,23?/m1/s1. The van der Waals surface area contributed by atoms with Crippen LogP contribution in [0.25, 0.3) is 6.08 Å². The number of aryl methyl sites for hydroxylation is 2. The van der Waals surface area contributed by atoms with Crippen molar-refractivity contribution in [2.75, 3.05) is 25.0 Å². The number of pyridine rings is 1. The van der Waals surface area contributed by atoms with Crippen LogP contribution < -0.4 is 4.90 Å². The number of likely N-dealkylation sites (N-methyl/N-ethyl adjacent to an activating group) is 1. The number of hydrogen-bond donors (Lipinski definition) is 0. The SMILES string of the molecule is C=C[C@@H]1CCN(S(=O)(=O)c2ccccc2C)CC1N(C)c1ccnc(C)c1/C=C\C. The third kappa shape index (κ3) is 4.20. The van der Waals surface area contributed by atoms with Crippen molar-refractivity contribution in [2.24, 2.45) is 5.92 Å². The lowest BCUT2D eigenvalue weighted by Gasteiger charge is -2.42. The van der Waals surface area contributed by atoms with Crippen LogP contribution in [0, 0.1) is 19.8 Å². The van der Waals surface area contributed by atoms with E-state index in [0.717, 1.165) is 28.9 Å². The van der Waals surface area contributed by atoms with Crippen LogP contribution in [-0.4, -0.2) is 43.9 Å². The highest BCUT2D eigenvalue weighted by atomic mass is 32.2. The van der Waals surface area contributed by atoms with Gasteiger partial charge in [0.15, 0.2) is 0 Å². The Morgan fingerprint density at radius 3 is 2.63 bits per heavy atom. The molecule has 1 fully saturated rings. The fourth-order valence-corrected chi connectivity index (χ4v) is 5.93. The molecule has 0 radical (unpaired) electrons. The summed E-state index contributed by atoms with van der Waals surface area (Å²) in [5.74, 6) is 0.199. The summed E-state index contributed by atoms with van der Waals surface area (Å²) < 4.78 is 28.4. The molecule has 5 nitrogen and oxygen atoms in total. The summed E-state index contributed by atoms with van der Waals surface area (Å²) in [4.78, 5) is 7.00. The van der Waals surface area contributed by atoms with Gasteiger partial charge in [-0.1, -0.05) is 36.4 Å². The van der Waals surface area contributed by atoms with Crippen LogP contribution in [0.4, 0.5) is 5.69 Å². The number of piperidine rings is 1. The Balaban J connectivity index is 1.97. The Morgan fingerprint density at radius 2 is 1.97 bits per heavy atom. The second-order valence-corrected chi connectivity index (χ2v) is 9.73. The smallest absolute Gasteiger partial charge is 0.243 e. The van der Waals surface area contributed by atoms with Gasteiger partial charge in [-0.2, -0.15) is 4.31 Å². The van der Waals surface area contributed by atoms with Gasteiger partial charge in [0, 0.05) is 49.3 Å². The maximum Gasteiger partial charge on any atom is 0.243 e. The Hall–Kier alpha value is -2.44. The van der Waals surface area contributed by atoms with E-state index in [4.69, 9.17) is 0 Å². The van der Waals surface area contributed by atoms with Gasteiger partial charge in [-0.05, 0) is 50.8 Å². The molecule has 0 spiro atoms. The highest BCUT2D eigenvalue weighted by Crippen LogP contribution is 2.32. The van der Waals surface area contributed by atoms with Gasteiger partial charge in [0.1, 0.15) is 0 Å². The Labute approximate surface area is 180 Å². The first-order chi connectivity index (χ1) is 14.3. The molecule has 1 unspecified atom stereocenters. The summed E-state index contributed by atoms with van der Waals surface area (Å²) in [6.07, 6.45) is 8.57. The summed E-state index contributed by atoms with van der Waals surface area (Å²) in [5.41, 5.74) is 3.83. The minimum atomic E-state index is -3.56. The number of anilines is 1. The Kier molecular flexibility index (Phi) is 6.78. The van der Waals surface area contributed by atoms with E-state index in [9.17, 15) is 8.42 Å².